The van der Waals surface area contributed by atoms with Crippen molar-refractivity contribution < 1.29 is 4.74 Å². The van der Waals surface area contributed by atoms with E-state index in [0.29, 0.717) is 0 Å². The highest BCUT2D eigenvalue weighted by Gasteiger charge is 2.09. The van der Waals surface area contributed by atoms with Crippen LogP contribution >= 0.6 is 23.1 Å². The molecule has 130 valence electrons. The number of anilines is 2. The van der Waals surface area contributed by atoms with Gasteiger partial charge < -0.3 is 10.1 Å². The first-order chi connectivity index (χ1) is 12.8. The normalized spacial score (nSPS) is 10.8. The number of para-hydroxylation sites is 2. The summed E-state index contributed by atoms with van der Waals surface area (Å²) < 4.78 is 6.30. The number of methoxy groups -OCH3 is 1. The van der Waals surface area contributed by atoms with E-state index in [1.54, 1.807) is 30.2 Å². The molecule has 0 radical (unpaired) electrons. The van der Waals surface area contributed by atoms with Gasteiger partial charge in [0, 0.05) is 5.75 Å². The molecule has 0 atom stereocenters. The molecule has 3 aromatic carbocycles. The van der Waals surface area contributed by atoms with Crippen LogP contribution in [0.25, 0.3) is 10.8 Å². The van der Waals surface area contributed by atoms with Crippen LogP contribution in [0, 0.1) is 0 Å². The number of aromatic nitrogens is 2. The highest BCUT2D eigenvalue weighted by molar-refractivity contribution is 8.00. The Labute approximate surface area is 160 Å². The number of benzene rings is 3. The predicted molar refractivity (Wildman–Crippen MR) is 110 cm³/mol. The molecule has 0 saturated heterocycles. The Hall–Kier alpha value is -2.57. The van der Waals surface area contributed by atoms with Crippen LogP contribution < -0.4 is 10.1 Å². The van der Waals surface area contributed by atoms with E-state index >= 15 is 0 Å². The molecular weight excluding hydrogens is 362 g/mol. The van der Waals surface area contributed by atoms with Gasteiger partial charge in [-0.3, -0.25) is 0 Å². The molecule has 6 heteroatoms. The second-order valence-electron chi connectivity index (χ2n) is 5.63. The Morgan fingerprint density at radius 3 is 2.69 bits per heavy atom. The van der Waals surface area contributed by atoms with Gasteiger partial charge in [-0.1, -0.05) is 77.7 Å². The molecule has 0 aliphatic heterocycles. The topological polar surface area (TPSA) is 47.0 Å². The van der Waals surface area contributed by atoms with E-state index in [0.717, 1.165) is 26.7 Å². The summed E-state index contributed by atoms with van der Waals surface area (Å²) in [4.78, 5) is 0. The maximum absolute atomic E-state index is 5.36. The fourth-order valence-corrected chi connectivity index (χ4v) is 4.51. The monoisotopic (exact) mass is 379 g/mol. The summed E-state index contributed by atoms with van der Waals surface area (Å²) in [6, 6.07) is 22.7. The van der Waals surface area contributed by atoms with E-state index in [2.05, 4.69) is 58.0 Å². The van der Waals surface area contributed by atoms with Crippen LogP contribution in [-0.4, -0.2) is 17.3 Å². The molecule has 1 N–H and O–H groups in total. The highest BCUT2D eigenvalue weighted by atomic mass is 32.2. The van der Waals surface area contributed by atoms with Gasteiger partial charge in [0.2, 0.25) is 5.13 Å². The molecule has 26 heavy (non-hydrogen) atoms. The van der Waals surface area contributed by atoms with Gasteiger partial charge in [0.1, 0.15) is 5.75 Å². The third kappa shape index (κ3) is 3.66. The van der Waals surface area contributed by atoms with Gasteiger partial charge in [0.15, 0.2) is 4.34 Å². The van der Waals surface area contributed by atoms with Gasteiger partial charge in [-0.05, 0) is 28.5 Å². The van der Waals surface area contributed by atoms with Crippen LogP contribution in [0.1, 0.15) is 5.56 Å². The van der Waals surface area contributed by atoms with Gasteiger partial charge in [-0.25, -0.2) is 0 Å². The zero-order chi connectivity index (χ0) is 17.8. The number of hydrogen-bond donors (Lipinski definition) is 1. The molecule has 0 aliphatic carbocycles. The van der Waals surface area contributed by atoms with Crippen molar-refractivity contribution >= 4 is 44.7 Å². The van der Waals surface area contributed by atoms with Gasteiger partial charge in [0.05, 0.1) is 12.8 Å². The van der Waals surface area contributed by atoms with E-state index < -0.39 is 0 Å². The molecule has 0 unspecified atom stereocenters. The maximum Gasteiger partial charge on any atom is 0.210 e. The lowest BCUT2D eigenvalue weighted by atomic mass is 10.1. The Kier molecular flexibility index (Phi) is 5.04. The van der Waals surface area contributed by atoms with Crippen LogP contribution in [-0.2, 0) is 5.75 Å². The summed E-state index contributed by atoms with van der Waals surface area (Å²) >= 11 is 3.25. The highest BCUT2D eigenvalue weighted by Crippen LogP contribution is 2.33. The smallest absolute Gasteiger partial charge is 0.210 e. The average Bonchev–Trinajstić information content (AvgIpc) is 3.14. The SMILES string of the molecule is COc1ccccc1Nc1nnc(SCc2cccc3ccccc23)s1. The molecule has 0 spiro atoms. The molecule has 0 amide bonds. The lowest BCUT2D eigenvalue weighted by Crippen LogP contribution is -1.93. The second-order valence-corrected chi connectivity index (χ2v) is 7.83. The summed E-state index contributed by atoms with van der Waals surface area (Å²) in [7, 11) is 1.66. The molecule has 1 heterocycles. The van der Waals surface area contributed by atoms with E-state index in [1.807, 2.05) is 24.3 Å². The van der Waals surface area contributed by atoms with Crippen molar-refractivity contribution in [2.75, 3.05) is 12.4 Å². The van der Waals surface area contributed by atoms with Gasteiger partial charge in [0.25, 0.3) is 0 Å². The third-order valence-corrected chi connectivity index (χ3v) is 6.01. The zero-order valence-corrected chi connectivity index (χ0v) is 15.8. The number of thioether (sulfide) groups is 1. The zero-order valence-electron chi connectivity index (χ0n) is 14.2. The number of nitrogens with zero attached hydrogens (tertiary/aromatic N) is 2. The van der Waals surface area contributed by atoms with Crippen molar-refractivity contribution in [3.63, 3.8) is 0 Å². The molecular formula is C20H17N3OS2. The summed E-state index contributed by atoms with van der Waals surface area (Å²) in [5.74, 6) is 1.65. The molecule has 0 fully saturated rings. The number of nitrogens with one attached hydrogen (secondary N) is 1. The number of fused-ring (bicyclic) bond motifs is 1. The first-order valence-electron chi connectivity index (χ1n) is 8.16. The lowest BCUT2D eigenvalue weighted by Gasteiger charge is -2.07. The Balaban J connectivity index is 1.47. The van der Waals surface area contributed by atoms with Crippen LogP contribution in [0.3, 0.4) is 0 Å². The summed E-state index contributed by atoms with van der Waals surface area (Å²) in [5, 5.41) is 15.1. The first-order valence-corrected chi connectivity index (χ1v) is 9.96. The van der Waals surface area contributed by atoms with Crippen molar-refractivity contribution in [3.8, 4) is 5.75 Å². The van der Waals surface area contributed by atoms with Crippen molar-refractivity contribution in [1.82, 2.24) is 10.2 Å². The van der Waals surface area contributed by atoms with Gasteiger partial charge in [-0.2, -0.15) is 0 Å². The lowest BCUT2D eigenvalue weighted by molar-refractivity contribution is 0.417. The standard InChI is InChI=1S/C20H17N3OS2/c1-24-18-12-5-4-11-17(18)21-19-22-23-20(26-19)25-13-15-9-6-8-14-7-2-3-10-16(14)15/h2-12H,13H2,1H3,(H,21,22). The van der Waals surface area contributed by atoms with Crippen LogP contribution in [0.4, 0.5) is 10.8 Å². The first kappa shape index (κ1) is 16.9. The molecule has 4 rings (SSSR count). The van der Waals surface area contributed by atoms with Crippen LogP contribution in [0.2, 0.25) is 0 Å². The molecule has 4 nitrogen and oxygen atoms in total. The number of rotatable bonds is 6. The number of ether oxygens (including phenoxy) is 1. The van der Waals surface area contributed by atoms with Crippen molar-refractivity contribution in [3.05, 3.63) is 72.3 Å². The average molecular weight is 380 g/mol. The van der Waals surface area contributed by atoms with Crippen LogP contribution in [0.15, 0.2) is 71.1 Å². The molecule has 1 aromatic heterocycles. The van der Waals surface area contributed by atoms with Crippen molar-refractivity contribution in [2.45, 2.75) is 10.1 Å². The summed E-state index contributed by atoms with van der Waals surface area (Å²) in [6.07, 6.45) is 0. The molecule has 0 saturated carbocycles. The largest absolute Gasteiger partial charge is 0.495 e. The quantitative estimate of drug-likeness (QED) is 0.433. The minimum absolute atomic E-state index is 0.759. The van der Waals surface area contributed by atoms with Gasteiger partial charge >= 0.3 is 0 Å². The maximum atomic E-state index is 5.36. The van der Waals surface area contributed by atoms with Crippen molar-refractivity contribution in [1.29, 1.82) is 0 Å². The van der Waals surface area contributed by atoms with Crippen LogP contribution in [0.5, 0.6) is 5.75 Å². The fraction of sp³-hybridized carbons (Fsp3) is 0.100. The van der Waals surface area contributed by atoms with E-state index in [9.17, 15) is 0 Å². The van der Waals surface area contributed by atoms with Gasteiger partial charge in [-0.15, -0.1) is 10.2 Å². The molecule has 4 aromatic rings. The number of hydrogen-bond acceptors (Lipinski definition) is 6. The van der Waals surface area contributed by atoms with Crippen molar-refractivity contribution in [2.24, 2.45) is 0 Å². The second kappa shape index (κ2) is 7.76. The van der Waals surface area contributed by atoms with E-state index in [-0.39, 0.29) is 0 Å². The molecule has 0 aliphatic rings. The third-order valence-electron chi connectivity index (χ3n) is 3.99. The summed E-state index contributed by atoms with van der Waals surface area (Å²) in [5.41, 5.74) is 2.19. The molecule has 0 bridgehead atoms. The Morgan fingerprint density at radius 2 is 1.77 bits per heavy atom. The minimum atomic E-state index is 0.759. The van der Waals surface area contributed by atoms with E-state index in [1.165, 1.54) is 16.3 Å². The Bertz CT molecular complexity index is 1030. The Morgan fingerprint density at radius 1 is 0.962 bits per heavy atom. The fourth-order valence-electron chi connectivity index (χ4n) is 2.74. The summed E-state index contributed by atoms with van der Waals surface area (Å²) in [6.45, 7) is 0. The van der Waals surface area contributed by atoms with E-state index in [4.69, 9.17) is 4.74 Å². The predicted octanol–water partition coefficient (Wildman–Crippen LogP) is 5.74. The minimum Gasteiger partial charge on any atom is -0.495 e.